The summed E-state index contributed by atoms with van der Waals surface area (Å²) in [6, 6.07) is 4.95. The number of aromatic amines is 1. The Morgan fingerprint density at radius 2 is 2.00 bits per heavy atom. The van der Waals surface area contributed by atoms with Crippen LogP contribution in [0.1, 0.15) is 73.8 Å². The minimum Gasteiger partial charge on any atom is -0.390 e. The lowest BCUT2D eigenvalue weighted by Gasteiger charge is -2.34. The van der Waals surface area contributed by atoms with Crippen molar-refractivity contribution in [3.63, 3.8) is 0 Å². The second-order valence-electron chi connectivity index (χ2n) is 10.4. The molecular formula is C27H35F2N5OS. The van der Waals surface area contributed by atoms with Gasteiger partial charge in [-0.15, -0.1) is 11.3 Å². The molecule has 6 nitrogen and oxygen atoms in total. The smallest absolute Gasteiger partial charge is 0.345 e. The number of hydrogen-bond acceptors (Lipinski definition) is 5. The predicted molar refractivity (Wildman–Crippen MR) is 143 cm³/mol. The van der Waals surface area contributed by atoms with Gasteiger partial charge in [0.25, 0.3) is 0 Å². The van der Waals surface area contributed by atoms with Crippen LogP contribution in [0.15, 0.2) is 23.3 Å². The molecule has 1 aliphatic heterocycles. The van der Waals surface area contributed by atoms with Crippen molar-refractivity contribution >= 4 is 33.7 Å². The van der Waals surface area contributed by atoms with Crippen LogP contribution in [0.25, 0.3) is 21.5 Å². The van der Waals surface area contributed by atoms with E-state index in [-0.39, 0.29) is 6.10 Å². The SMILES string of the molecule is Cc1cc(-c2[nH]c3cc(C4CCC(N5CCC(OC(F)F)C5)CC4)sc3c2C(C)C)cnc1N=CN. The van der Waals surface area contributed by atoms with E-state index in [0.717, 1.165) is 49.0 Å². The predicted octanol–water partition coefficient (Wildman–Crippen LogP) is 6.68. The number of rotatable bonds is 7. The molecule has 0 spiro atoms. The summed E-state index contributed by atoms with van der Waals surface area (Å²) < 4.78 is 31.2. The van der Waals surface area contributed by atoms with E-state index in [1.165, 1.54) is 27.0 Å². The molecule has 2 aliphatic rings. The molecule has 1 atom stereocenters. The maximum Gasteiger partial charge on any atom is 0.345 e. The van der Waals surface area contributed by atoms with Crippen molar-refractivity contribution in [3.8, 4) is 11.3 Å². The fourth-order valence-electron chi connectivity index (χ4n) is 5.98. The molecule has 1 unspecified atom stereocenters. The molecule has 1 saturated carbocycles. The monoisotopic (exact) mass is 515 g/mol. The number of nitrogens with one attached hydrogen (secondary N) is 1. The van der Waals surface area contributed by atoms with Gasteiger partial charge in [0.15, 0.2) is 5.82 Å². The largest absolute Gasteiger partial charge is 0.390 e. The lowest BCUT2D eigenvalue weighted by Crippen LogP contribution is -2.37. The minimum absolute atomic E-state index is 0.326. The van der Waals surface area contributed by atoms with Crippen LogP contribution in [0.5, 0.6) is 0 Å². The van der Waals surface area contributed by atoms with E-state index in [2.05, 4.69) is 45.8 Å². The number of halogens is 2. The number of aliphatic imine (C=N–C) groups is 1. The van der Waals surface area contributed by atoms with E-state index in [4.69, 9.17) is 10.5 Å². The normalized spacial score (nSPS) is 23.7. The van der Waals surface area contributed by atoms with Gasteiger partial charge in [0.1, 0.15) is 0 Å². The van der Waals surface area contributed by atoms with Gasteiger partial charge in [-0.25, -0.2) is 9.98 Å². The first kappa shape index (κ1) is 25.3. The molecule has 0 aromatic carbocycles. The maximum absolute atomic E-state index is 12.6. The van der Waals surface area contributed by atoms with Crippen molar-refractivity contribution in [2.45, 2.75) is 83.5 Å². The van der Waals surface area contributed by atoms with Gasteiger partial charge in [0.2, 0.25) is 0 Å². The summed E-state index contributed by atoms with van der Waals surface area (Å²) in [5.41, 5.74) is 11.2. The van der Waals surface area contributed by atoms with Crippen molar-refractivity contribution in [1.29, 1.82) is 0 Å². The second-order valence-corrected chi connectivity index (χ2v) is 11.5. The van der Waals surface area contributed by atoms with Crippen LogP contribution in [0, 0.1) is 6.92 Å². The summed E-state index contributed by atoms with van der Waals surface area (Å²) in [6.07, 6.45) is 8.03. The molecule has 194 valence electrons. The average molecular weight is 516 g/mol. The first-order chi connectivity index (χ1) is 17.3. The summed E-state index contributed by atoms with van der Waals surface area (Å²) in [6.45, 7) is 5.31. The van der Waals surface area contributed by atoms with Crippen molar-refractivity contribution < 1.29 is 13.5 Å². The quantitative estimate of drug-likeness (QED) is 0.272. The lowest BCUT2D eigenvalue weighted by molar-refractivity contribution is -0.159. The Morgan fingerprint density at radius 1 is 1.22 bits per heavy atom. The number of hydrogen-bond donors (Lipinski definition) is 2. The molecule has 36 heavy (non-hydrogen) atoms. The van der Waals surface area contributed by atoms with Crippen LogP contribution in [0.2, 0.25) is 0 Å². The van der Waals surface area contributed by atoms with Gasteiger partial charge in [-0.05, 0) is 74.1 Å². The van der Waals surface area contributed by atoms with Crippen LogP contribution in [-0.4, -0.2) is 53.1 Å². The number of nitrogens with zero attached hydrogens (tertiary/aromatic N) is 3. The van der Waals surface area contributed by atoms with Crippen LogP contribution >= 0.6 is 11.3 Å². The van der Waals surface area contributed by atoms with Crippen LogP contribution in [-0.2, 0) is 4.74 Å². The number of aromatic nitrogens is 2. The van der Waals surface area contributed by atoms with Crippen molar-refractivity contribution in [3.05, 3.63) is 34.3 Å². The van der Waals surface area contributed by atoms with Gasteiger partial charge >= 0.3 is 6.61 Å². The van der Waals surface area contributed by atoms with E-state index in [0.29, 0.717) is 36.7 Å². The topological polar surface area (TPSA) is 79.5 Å². The molecule has 0 amide bonds. The van der Waals surface area contributed by atoms with Crippen molar-refractivity contribution in [1.82, 2.24) is 14.9 Å². The van der Waals surface area contributed by atoms with E-state index >= 15 is 0 Å². The highest BCUT2D eigenvalue weighted by atomic mass is 32.1. The fourth-order valence-corrected chi connectivity index (χ4v) is 7.46. The molecule has 0 bridgehead atoms. The summed E-state index contributed by atoms with van der Waals surface area (Å²) >= 11 is 1.92. The average Bonchev–Trinajstić information content (AvgIpc) is 3.54. The van der Waals surface area contributed by atoms with Gasteiger partial charge < -0.3 is 15.5 Å². The third-order valence-electron chi connectivity index (χ3n) is 7.73. The number of nitrogens with two attached hydrogens (primary N) is 1. The second kappa shape index (κ2) is 10.6. The van der Waals surface area contributed by atoms with E-state index in [1.807, 2.05) is 24.5 Å². The first-order valence-corrected chi connectivity index (χ1v) is 13.7. The van der Waals surface area contributed by atoms with Gasteiger partial charge in [-0.2, -0.15) is 8.78 Å². The fraction of sp³-hybridized carbons (Fsp3) is 0.556. The van der Waals surface area contributed by atoms with Gasteiger partial charge in [0.05, 0.1) is 28.4 Å². The Morgan fingerprint density at radius 3 is 2.67 bits per heavy atom. The number of thiophene rings is 1. The number of aryl methyl sites for hydroxylation is 1. The number of H-pyrrole nitrogens is 1. The van der Waals surface area contributed by atoms with E-state index in [9.17, 15) is 8.78 Å². The zero-order valence-corrected chi connectivity index (χ0v) is 22.0. The number of likely N-dealkylation sites (tertiary alicyclic amines) is 1. The number of pyridine rings is 1. The summed E-state index contributed by atoms with van der Waals surface area (Å²) in [5, 5.41) is 0. The van der Waals surface area contributed by atoms with Crippen molar-refractivity contribution in [2.24, 2.45) is 10.7 Å². The number of alkyl halides is 2. The highest BCUT2D eigenvalue weighted by Gasteiger charge is 2.33. The third-order valence-corrected chi connectivity index (χ3v) is 9.06. The van der Waals surface area contributed by atoms with Crippen LogP contribution < -0.4 is 5.73 Å². The van der Waals surface area contributed by atoms with E-state index < -0.39 is 6.61 Å². The van der Waals surface area contributed by atoms with Gasteiger partial charge in [-0.3, -0.25) is 4.90 Å². The Balaban J connectivity index is 1.31. The highest BCUT2D eigenvalue weighted by Crippen LogP contribution is 2.45. The standard InChI is InChI=1S/C27H35F2N5OS/c1-15(2)23-24(18-10-16(3)26(31-12-18)32-14-30)33-21-11-22(36-25(21)23)17-4-6-19(7-5-17)34-9-8-20(13-34)35-27(28)29/h10-12,14-15,17,19-20,27,33H,4-9,13H2,1-3H3,(H2,30,31,32). The molecular weight excluding hydrogens is 480 g/mol. The Labute approximate surface area is 215 Å². The Bertz CT molecular complexity index is 1230. The third kappa shape index (κ3) is 5.06. The lowest BCUT2D eigenvalue weighted by atomic mass is 9.84. The van der Waals surface area contributed by atoms with Gasteiger partial charge in [0, 0.05) is 35.8 Å². The van der Waals surface area contributed by atoms with Crippen molar-refractivity contribution in [2.75, 3.05) is 13.1 Å². The molecule has 4 heterocycles. The minimum atomic E-state index is -2.67. The molecule has 9 heteroatoms. The summed E-state index contributed by atoms with van der Waals surface area (Å²) in [7, 11) is 0. The summed E-state index contributed by atoms with van der Waals surface area (Å²) in [5.74, 6) is 1.57. The molecule has 3 N–H and O–H groups in total. The van der Waals surface area contributed by atoms with E-state index in [1.54, 1.807) is 0 Å². The molecule has 3 aromatic rings. The first-order valence-electron chi connectivity index (χ1n) is 12.9. The number of fused-ring (bicyclic) bond motifs is 1. The highest BCUT2D eigenvalue weighted by molar-refractivity contribution is 7.19. The Kier molecular flexibility index (Phi) is 7.42. The molecule has 0 radical (unpaired) electrons. The zero-order valence-electron chi connectivity index (χ0n) is 21.1. The van der Waals surface area contributed by atoms with Crippen LogP contribution in [0.4, 0.5) is 14.6 Å². The maximum atomic E-state index is 12.6. The molecule has 1 aliphatic carbocycles. The molecule has 1 saturated heterocycles. The van der Waals surface area contributed by atoms with Gasteiger partial charge in [-0.1, -0.05) is 13.8 Å². The molecule has 3 aromatic heterocycles. The zero-order chi connectivity index (χ0) is 25.4. The summed E-state index contributed by atoms with van der Waals surface area (Å²) in [4.78, 5) is 16.2. The molecule has 5 rings (SSSR count). The number of ether oxygens (including phenoxy) is 1. The van der Waals surface area contributed by atoms with Crippen LogP contribution in [0.3, 0.4) is 0 Å². The molecule has 2 fully saturated rings. The Hall–Kier alpha value is -2.36.